The first kappa shape index (κ1) is 13.1. The summed E-state index contributed by atoms with van der Waals surface area (Å²) in [5.41, 5.74) is 10.9. The summed E-state index contributed by atoms with van der Waals surface area (Å²) in [6.45, 7) is 2.09. The molecule has 1 atom stereocenters. The van der Waals surface area contributed by atoms with Crippen molar-refractivity contribution in [3.05, 3.63) is 0 Å². The molecule has 0 aliphatic rings. The molecule has 0 aromatic carbocycles. The van der Waals surface area contributed by atoms with Crippen molar-refractivity contribution in [1.29, 1.82) is 0 Å². The van der Waals surface area contributed by atoms with E-state index in [1.165, 1.54) is 6.92 Å². The van der Waals surface area contributed by atoms with Gasteiger partial charge in [0.15, 0.2) is 0 Å². The standard InChI is InChI=1S/C9H19N3O2/c1-7(13)6-12-9(14)8(11)4-2-3-5-10/h8H,2-6,10-11H2,1H3,(H,12,14)/t8-/m0/s1. The first-order valence-corrected chi connectivity index (χ1v) is 4.80. The highest BCUT2D eigenvalue weighted by Gasteiger charge is 2.12. The third-order valence-corrected chi connectivity index (χ3v) is 1.82. The lowest BCUT2D eigenvalue weighted by Crippen LogP contribution is -2.42. The number of hydrogen-bond donors (Lipinski definition) is 3. The van der Waals surface area contributed by atoms with Crippen LogP contribution in [0.15, 0.2) is 0 Å². The monoisotopic (exact) mass is 201 g/mol. The summed E-state index contributed by atoms with van der Waals surface area (Å²) >= 11 is 0. The fraction of sp³-hybridized carbons (Fsp3) is 0.778. The van der Waals surface area contributed by atoms with Crippen LogP contribution in [0.2, 0.25) is 0 Å². The van der Waals surface area contributed by atoms with E-state index in [0.717, 1.165) is 12.8 Å². The molecule has 0 rings (SSSR count). The van der Waals surface area contributed by atoms with Crippen molar-refractivity contribution in [2.24, 2.45) is 11.5 Å². The van der Waals surface area contributed by atoms with Crippen molar-refractivity contribution in [3.8, 4) is 0 Å². The quantitative estimate of drug-likeness (QED) is 0.467. The molecule has 82 valence electrons. The Morgan fingerprint density at radius 3 is 2.50 bits per heavy atom. The van der Waals surface area contributed by atoms with Crippen LogP contribution < -0.4 is 16.8 Å². The molecule has 0 bridgehead atoms. The van der Waals surface area contributed by atoms with Crippen LogP contribution in [0.25, 0.3) is 0 Å². The van der Waals surface area contributed by atoms with Gasteiger partial charge in [-0.05, 0) is 26.3 Å². The Morgan fingerprint density at radius 1 is 1.36 bits per heavy atom. The maximum Gasteiger partial charge on any atom is 0.237 e. The Morgan fingerprint density at radius 2 is 2.00 bits per heavy atom. The minimum Gasteiger partial charge on any atom is -0.348 e. The van der Waals surface area contributed by atoms with Crippen LogP contribution in [-0.4, -0.2) is 30.8 Å². The molecule has 0 saturated carbocycles. The molecule has 0 aliphatic carbocycles. The zero-order chi connectivity index (χ0) is 11.0. The number of Topliss-reactive ketones (excluding diaryl/α,β-unsaturated/α-hetero) is 1. The maximum atomic E-state index is 11.2. The van der Waals surface area contributed by atoms with Gasteiger partial charge in [0.25, 0.3) is 0 Å². The van der Waals surface area contributed by atoms with E-state index in [2.05, 4.69) is 5.32 Å². The van der Waals surface area contributed by atoms with Gasteiger partial charge in [0.05, 0.1) is 12.6 Å². The number of hydrogen-bond acceptors (Lipinski definition) is 4. The van der Waals surface area contributed by atoms with Gasteiger partial charge in [-0.3, -0.25) is 9.59 Å². The van der Waals surface area contributed by atoms with Crippen molar-refractivity contribution in [2.75, 3.05) is 13.1 Å². The van der Waals surface area contributed by atoms with Crippen LogP contribution in [0.5, 0.6) is 0 Å². The predicted molar refractivity (Wildman–Crippen MR) is 54.6 cm³/mol. The highest BCUT2D eigenvalue weighted by molar-refractivity contribution is 5.87. The molecule has 5 N–H and O–H groups in total. The average Bonchev–Trinajstić information content (AvgIpc) is 2.14. The van der Waals surface area contributed by atoms with E-state index >= 15 is 0 Å². The first-order chi connectivity index (χ1) is 6.57. The van der Waals surface area contributed by atoms with E-state index in [9.17, 15) is 9.59 Å². The molecule has 14 heavy (non-hydrogen) atoms. The maximum absolute atomic E-state index is 11.2. The molecular weight excluding hydrogens is 182 g/mol. The van der Waals surface area contributed by atoms with Gasteiger partial charge < -0.3 is 16.8 Å². The molecule has 0 aromatic heterocycles. The predicted octanol–water partition coefficient (Wildman–Crippen LogP) is -0.852. The molecule has 0 spiro atoms. The smallest absolute Gasteiger partial charge is 0.237 e. The topological polar surface area (TPSA) is 98.2 Å². The lowest BCUT2D eigenvalue weighted by atomic mass is 10.1. The van der Waals surface area contributed by atoms with Gasteiger partial charge in [0.2, 0.25) is 5.91 Å². The Hall–Kier alpha value is -0.940. The average molecular weight is 201 g/mol. The third-order valence-electron chi connectivity index (χ3n) is 1.82. The number of amides is 1. The van der Waals surface area contributed by atoms with Crippen LogP contribution >= 0.6 is 0 Å². The SMILES string of the molecule is CC(=O)CNC(=O)[C@@H](N)CCCCN. The second-order valence-electron chi connectivity index (χ2n) is 3.31. The van der Waals surface area contributed by atoms with E-state index < -0.39 is 6.04 Å². The molecule has 1 amide bonds. The minimum absolute atomic E-state index is 0.0590. The summed E-state index contributed by atoms with van der Waals surface area (Å²) in [6, 6.07) is -0.527. The molecule has 0 heterocycles. The highest BCUT2D eigenvalue weighted by Crippen LogP contribution is 1.97. The lowest BCUT2D eigenvalue weighted by molar-refractivity contribution is -0.125. The lowest BCUT2D eigenvalue weighted by Gasteiger charge is -2.10. The zero-order valence-electron chi connectivity index (χ0n) is 8.58. The Bertz CT molecular complexity index is 194. The summed E-state index contributed by atoms with van der Waals surface area (Å²) in [5, 5.41) is 2.46. The largest absolute Gasteiger partial charge is 0.348 e. The second kappa shape index (κ2) is 7.46. The summed E-state index contributed by atoms with van der Waals surface area (Å²) in [6.07, 6.45) is 2.32. The van der Waals surface area contributed by atoms with Gasteiger partial charge in [-0.15, -0.1) is 0 Å². The molecular formula is C9H19N3O2. The summed E-state index contributed by atoms with van der Waals surface area (Å²) in [7, 11) is 0. The number of nitrogens with one attached hydrogen (secondary N) is 1. The van der Waals surface area contributed by atoms with Gasteiger partial charge in [-0.25, -0.2) is 0 Å². The summed E-state index contributed by atoms with van der Waals surface area (Å²) in [5.74, 6) is -0.343. The van der Waals surface area contributed by atoms with Crippen LogP contribution in [0.4, 0.5) is 0 Å². The molecule has 5 nitrogen and oxygen atoms in total. The molecule has 0 aromatic rings. The number of carbonyl (C=O) groups is 2. The Balaban J connectivity index is 3.59. The third kappa shape index (κ3) is 6.56. The van der Waals surface area contributed by atoms with Gasteiger partial charge in [0.1, 0.15) is 5.78 Å². The number of rotatable bonds is 7. The Kier molecular flexibility index (Phi) is 6.96. The summed E-state index contributed by atoms with van der Waals surface area (Å²) in [4.78, 5) is 21.8. The van der Waals surface area contributed by atoms with E-state index in [4.69, 9.17) is 11.5 Å². The highest BCUT2D eigenvalue weighted by atomic mass is 16.2. The molecule has 0 unspecified atom stereocenters. The molecule has 0 aliphatic heterocycles. The molecule has 5 heteroatoms. The number of nitrogens with two attached hydrogens (primary N) is 2. The van der Waals surface area contributed by atoms with E-state index in [-0.39, 0.29) is 18.2 Å². The van der Waals surface area contributed by atoms with Crippen molar-refractivity contribution in [1.82, 2.24) is 5.32 Å². The molecule has 0 saturated heterocycles. The summed E-state index contributed by atoms with van der Waals surface area (Å²) < 4.78 is 0. The van der Waals surface area contributed by atoms with E-state index in [1.54, 1.807) is 0 Å². The minimum atomic E-state index is -0.527. The van der Waals surface area contributed by atoms with Gasteiger partial charge in [-0.1, -0.05) is 6.42 Å². The zero-order valence-corrected chi connectivity index (χ0v) is 8.58. The van der Waals surface area contributed by atoms with E-state index in [1.807, 2.05) is 0 Å². The van der Waals surface area contributed by atoms with Crippen molar-refractivity contribution in [2.45, 2.75) is 32.2 Å². The van der Waals surface area contributed by atoms with Gasteiger partial charge in [0, 0.05) is 0 Å². The van der Waals surface area contributed by atoms with Crippen LogP contribution in [0.1, 0.15) is 26.2 Å². The number of unbranched alkanes of at least 4 members (excludes halogenated alkanes) is 1. The van der Waals surface area contributed by atoms with Crippen molar-refractivity contribution in [3.63, 3.8) is 0 Å². The van der Waals surface area contributed by atoms with Gasteiger partial charge in [-0.2, -0.15) is 0 Å². The van der Waals surface area contributed by atoms with Crippen molar-refractivity contribution < 1.29 is 9.59 Å². The van der Waals surface area contributed by atoms with Crippen LogP contribution in [-0.2, 0) is 9.59 Å². The number of carbonyl (C=O) groups excluding carboxylic acids is 2. The van der Waals surface area contributed by atoms with Gasteiger partial charge >= 0.3 is 0 Å². The van der Waals surface area contributed by atoms with Crippen LogP contribution in [0.3, 0.4) is 0 Å². The fourth-order valence-electron chi connectivity index (χ4n) is 0.982. The van der Waals surface area contributed by atoms with Crippen molar-refractivity contribution >= 4 is 11.7 Å². The Labute approximate surface area is 84.2 Å². The second-order valence-corrected chi connectivity index (χ2v) is 3.31. The first-order valence-electron chi connectivity index (χ1n) is 4.80. The number of ketones is 1. The molecule has 0 fully saturated rings. The van der Waals surface area contributed by atoms with Crippen LogP contribution in [0, 0.1) is 0 Å². The molecule has 0 radical (unpaired) electrons. The van der Waals surface area contributed by atoms with E-state index in [0.29, 0.717) is 13.0 Å². The normalized spacial score (nSPS) is 12.2. The fourth-order valence-corrected chi connectivity index (χ4v) is 0.982.